The number of phenols is 1. The zero-order chi connectivity index (χ0) is 10.7. The summed E-state index contributed by atoms with van der Waals surface area (Å²) >= 11 is 11.4. The lowest BCUT2D eigenvalue weighted by atomic mass is 10.3. The van der Waals surface area contributed by atoms with Crippen LogP contribution in [-0.4, -0.2) is 30.4 Å². The summed E-state index contributed by atoms with van der Waals surface area (Å²) in [6.07, 6.45) is 1.62. The van der Waals surface area contributed by atoms with E-state index in [4.69, 9.17) is 23.2 Å². The first-order chi connectivity index (χ1) is 6.50. The average Bonchev–Trinajstić information content (AvgIpc) is 2.10. The third-order valence-electron chi connectivity index (χ3n) is 1.44. The molecule has 0 saturated heterocycles. The minimum Gasteiger partial charge on any atom is -0.505 e. The maximum Gasteiger partial charge on any atom is 0.152 e. The van der Waals surface area contributed by atoms with E-state index in [-0.39, 0.29) is 15.8 Å². The molecule has 0 spiro atoms. The van der Waals surface area contributed by atoms with Crippen molar-refractivity contribution >= 4 is 35.2 Å². The number of aliphatic imine (C=N–C) groups is 1. The van der Waals surface area contributed by atoms with Crippen molar-refractivity contribution < 1.29 is 5.11 Å². The average molecular weight is 233 g/mol. The molecule has 0 amide bonds. The summed E-state index contributed by atoms with van der Waals surface area (Å²) in [5.41, 5.74) is 0.603. The number of hydrogen-bond donors (Lipinski definition) is 1. The molecule has 0 unspecified atom stereocenters. The van der Waals surface area contributed by atoms with Crippen molar-refractivity contribution in [1.82, 2.24) is 4.90 Å². The van der Waals surface area contributed by atoms with E-state index in [2.05, 4.69) is 4.99 Å². The molecule has 5 heteroatoms. The molecule has 0 aromatic heterocycles. The van der Waals surface area contributed by atoms with Gasteiger partial charge in [0.2, 0.25) is 0 Å². The largest absolute Gasteiger partial charge is 0.505 e. The summed E-state index contributed by atoms with van der Waals surface area (Å²) in [7, 11) is 3.71. The van der Waals surface area contributed by atoms with Crippen LogP contribution in [0.1, 0.15) is 0 Å². The molecule has 0 aliphatic heterocycles. The van der Waals surface area contributed by atoms with E-state index in [0.717, 1.165) is 0 Å². The van der Waals surface area contributed by atoms with Crippen molar-refractivity contribution in [3.05, 3.63) is 22.2 Å². The fourth-order valence-corrected chi connectivity index (χ4v) is 1.28. The molecule has 1 aromatic carbocycles. The van der Waals surface area contributed by atoms with Gasteiger partial charge in [0, 0.05) is 14.1 Å². The normalized spacial score (nSPS) is 10.9. The molecule has 0 radical (unpaired) electrons. The van der Waals surface area contributed by atoms with Gasteiger partial charge in [0.25, 0.3) is 0 Å². The number of phenolic OH excluding ortho intramolecular Hbond substituents is 1. The topological polar surface area (TPSA) is 35.8 Å². The lowest BCUT2D eigenvalue weighted by Crippen LogP contribution is -2.06. The highest BCUT2D eigenvalue weighted by Crippen LogP contribution is 2.35. The van der Waals surface area contributed by atoms with E-state index >= 15 is 0 Å². The Morgan fingerprint density at radius 1 is 1.29 bits per heavy atom. The first kappa shape index (κ1) is 11.1. The first-order valence-electron chi connectivity index (χ1n) is 3.89. The molecular weight excluding hydrogens is 223 g/mol. The molecule has 0 atom stereocenters. The highest BCUT2D eigenvalue weighted by atomic mass is 35.5. The second-order valence-corrected chi connectivity index (χ2v) is 3.78. The van der Waals surface area contributed by atoms with Crippen LogP contribution >= 0.6 is 23.2 Å². The van der Waals surface area contributed by atoms with Gasteiger partial charge >= 0.3 is 0 Å². The maximum absolute atomic E-state index is 9.28. The van der Waals surface area contributed by atoms with Gasteiger partial charge in [-0.2, -0.15) is 0 Å². The molecule has 0 aliphatic carbocycles. The molecule has 1 aromatic rings. The first-order valence-corrected chi connectivity index (χ1v) is 4.65. The van der Waals surface area contributed by atoms with Crippen molar-refractivity contribution in [3.63, 3.8) is 0 Å². The summed E-state index contributed by atoms with van der Waals surface area (Å²) in [6.45, 7) is 0. The molecule has 14 heavy (non-hydrogen) atoms. The summed E-state index contributed by atoms with van der Waals surface area (Å²) in [4.78, 5) is 5.88. The summed E-state index contributed by atoms with van der Waals surface area (Å²) in [5.74, 6) is -0.114. The molecule has 0 heterocycles. The summed E-state index contributed by atoms with van der Waals surface area (Å²) in [5, 5.41) is 9.68. The second kappa shape index (κ2) is 4.53. The molecule has 1 rings (SSSR count). The number of rotatable bonds is 2. The zero-order valence-electron chi connectivity index (χ0n) is 7.83. The minimum absolute atomic E-state index is 0.114. The summed E-state index contributed by atoms with van der Waals surface area (Å²) in [6, 6.07) is 3.09. The Hall–Kier alpha value is -0.930. The third-order valence-corrected chi connectivity index (χ3v) is 2.02. The van der Waals surface area contributed by atoms with Crippen molar-refractivity contribution in [2.45, 2.75) is 0 Å². The van der Waals surface area contributed by atoms with Crippen LogP contribution in [0.4, 0.5) is 5.69 Å². The maximum atomic E-state index is 9.28. The van der Waals surface area contributed by atoms with Gasteiger partial charge in [-0.15, -0.1) is 0 Å². The molecule has 3 nitrogen and oxygen atoms in total. The highest BCUT2D eigenvalue weighted by molar-refractivity contribution is 6.37. The number of nitrogens with zero attached hydrogens (tertiary/aromatic N) is 2. The van der Waals surface area contributed by atoms with Gasteiger partial charge in [-0.25, -0.2) is 4.99 Å². The van der Waals surface area contributed by atoms with Crippen molar-refractivity contribution in [2.24, 2.45) is 4.99 Å². The van der Waals surface area contributed by atoms with Crippen LogP contribution < -0.4 is 0 Å². The SMILES string of the molecule is CN(C)C=Nc1cc(Cl)c(O)c(Cl)c1. The van der Waals surface area contributed by atoms with Gasteiger partial charge in [-0.1, -0.05) is 23.2 Å². The van der Waals surface area contributed by atoms with Crippen LogP contribution in [0.15, 0.2) is 17.1 Å². The van der Waals surface area contributed by atoms with Gasteiger partial charge in [0.1, 0.15) is 0 Å². The lowest BCUT2D eigenvalue weighted by Gasteiger charge is -2.04. The molecule has 0 bridgehead atoms. The second-order valence-electron chi connectivity index (χ2n) is 2.97. The Labute approximate surface area is 92.6 Å². The van der Waals surface area contributed by atoms with Gasteiger partial charge in [0.05, 0.1) is 22.1 Å². The summed E-state index contributed by atoms with van der Waals surface area (Å²) < 4.78 is 0. The predicted molar refractivity (Wildman–Crippen MR) is 60.0 cm³/mol. The molecule has 1 N–H and O–H groups in total. The smallest absolute Gasteiger partial charge is 0.152 e. The quantitative estimate of drug-likeness (QED) is 0.629. The molecule has 76 valence electrons. The standard InChI is InChI=1S/C9H10Cl2N2O/c1-13(2)5-12-6-3-7(10)9(14)8(11)4-6/h3-5,14H,1-2H3. The predicted octanol–water partition coefficient (Wildman–Crippen LogP) is 2.92. The van der Waals surface area contributed by atoms with Gasteiger partial charge in [-0.3, -0.25) is 0 Å². The van der Waals surface area contributed by atoms with Crippen LogP contribution in [0, 0.1) is 0 Å². The van der Waals surface area contributed by atoms with Crippen molar-refractivity contribution in [1.29, 1.82) is 0 Å². The van der Waals surface area contributed by atoms with E-state index < -0.39 is 0 Å². The van der Waals surface area contributed by atoms with Crippen molar-refractivity contribution in [3.8, 4) is 5.75 Å². The monoisotopic (exact) mass is 232 g/mol. The third kappa shape index (κ3) is 2.79. The van der Waals surface area contributed by atoms with Crippen LogP contribution in [0.25, 0.3) is 0 Å². The number of hydrogen-bond acceptors (Lipinski definition) is 2. The van der Waals surface area contributed by atoms with E-state index in [0.29, 0.717) is 5.69 Å². The van der Waals surface area contributed by atoms with E-state index in [1.165, 1.54) is 0 Å². The highest BCUT2D eigenvalue weighted by Gasteiger charge is 2.05. The van der Waals surface area contributed by atoms with Gasteiger partial charge in [-0.05, 0) is 12.1 Å². The molecular formula is C9H10Cl2N2O. The zero-order valence-corrected chi connectivity index (χ0v) is 9.34. The number of benzene rings is 1. The van der Waals surface area contributed by atoms with Crippen LogP contribution in [0.3, 0.4) is 0 Å². The Morgan fingerprint density at radius 3 is 2.21 bits per heavy atom. The minimum atomic E-state index is -0.114. The van der Waals surface area contributed by atoms with Crippen LogP contribution in [0.2, 0.25) is 10.0 Å². The van der Waals surface area contributed by atoms with Crippen LogP contribution in [-0.2, 0) is 0 Å². The van der Waals surface area contributed by atoms with Gasteiger partial charge < -0.3 is 10.0 Å². The lowest BCUT2D eigenvalue weighted by molar-refractivity contribution is 0.476. The van der Waals surface area contributed by atoms with E-state index in [1.807, 2.05) is 14.1 Å². The molecule has 0 fully saturated rings. The van der Waals surface area contributed by atoms with Crippen molar-refractivity contribution in [2.75, 3.05) is 14.1 Å². The Morgan fingerprint density at radius 2 is 1.79 bits per heavy atom. The molecule has 0 aliphatic rings. The number of halogens is 2. The van der Waals surface area contributed by atoms with Crippen LogP contribution in [0.5, 0.6) is 5.75 Å². The molecule has 0 saturated carbocycles. The van der Waals surface area contributed by atoms with E-state index in [9.17, 15) is 5.11 Å². The fourth-order valence-electron chi connectivity index (χ4n) is 0.809. The fraction of sp³-hybridized carbons (Fsp3) is 0.222. The number of aromatic hydroxyl groups is 1. The Kier molecular flexibility index (Phi) is 3.61. The Balaban J connectivity index is 3.01. The Bertz CT molecular complexity index is 341. The van der Waals surface area contributed by atoms with E-state index in [1.54, 1.807) is 23.4 Å². The van der Waals surface area contributed by atoms with Gasteiger partial charge in [0.15, 0.2) is 5.75 Å².